The van der Waals surface area contributed by atoms with Crippen LogP contribution in [0, 0.1) is 0 Å². The Labute approximate surface area is 92.3 Å². The maximum absolute atomic E-state index is 11.3. The molecule has 0 amide bonds. The Morgan fingerprint density at radius 3 is 2.93 bits per heavy atom. The zero-order chi connectivity index (χ0) is 10.3. The third kappa shape index (κ3) is 1.95. The van der Waals surface area contributed by atoms with Crippen molar-refractivity contribution in [2.75, 3.05) is 12.8 Å². The first kappa shape index (κ1) is 10.4. The van der Waals surface area contributed by atoms with E-state index in [0.29, 0.717) is 13.1 Å². The molecule has 0 fully saturated rings. The summed E-state index contributed by atoms with van der Waals surface area (Å²) in [6.45, 7) is 1.04. The van der Waals surface area contributed by atoms with Crippen LogP contribution in [0.15, 0.2) is 6.07 Å². The number of hydrogen-bond donors (Lipinski definition) is 0. The number of fused-ring (bicyclic) bond motifs is 1. The Hall–Kier alpha value is -0.100. The number of halogens is 1. The maximum Gasteiger partial charge on any atom is 0.211 e. The van der Waals surface area contributed by atoms with Gasteiger partial charge >= 0.3 is 0 Å². The molecule has 0 N–H and O–H groups in total. The molecule has 1 aliphatic rings. The van der Waals surface area contributed by atoms with Crippen LogP contribution in [0.5, 0.6) is 0 Å². The Bertz CT molecular complexity index is 452. The SMILES string of the molecule is CS(=O)(=O)N1CCc2sc(Cl)cc2C1. The normalized spacial score (nSPS) is 18.1. The summed E-state index contributed by atoms with van der Waals surface area (Å²) in [4.78, 5) is 1.22. The van der Waals surface area contributed by atoms with Gasteiger partial charge in [0.15, 0.2) is 0 Å². The van der Waals surface area contributed by atoms with E-state index in [4.69, 9.17) is 11.6 Å². The summed E-state index contributed by atoms with van der Waals surface area (Å²) in [5.41, 5.74) is 1.05. The third-order valence-corrected chi connectivity index (χ3v) is 4.89. The van der Waals surface area contributed by atoms with Crippen LogP contribution in [0.1, 0.15) is 10.4 Å². The quantitative estimate of drug-likeness (QED) is 0.762. The van der Waals surface area contributed by atoms with E-state index in [2.05, 4.69) is 0 Å². The lowest BCUT2D eigenvalue weighted by molar-refractivity contribution is 0.398. The number of hydrogen-bond acceptors (Lipinski definition) is 3. The summed E-state index contributed by atoms with van der Waals surface area (Å²) in [7, 11) is -3.06. The van der Waals surface area contributed by atoms with Crippen molar-refractivity contribution in [3.63, 3.8) is 0 Å². The average Bonchev–Trinajstić information content (AvgIpc) is 2.41. The van der Waals surface area contributed by atoms with Crippen molar-refractivity contribution in [1.82, 2.24) is 4.31 Å². The lowest BCUT2D eigenvalue weighted by Gasteiger charge is -2.24. The summed E-state index contributed by atoms with van der Waals surface area (Å²) in [5, 5.41) is 0. The molecule has 0 saturated carbocycles. The monoisotopic (exact) mass is 251 g/mol. The lowest BCUT2D eigenvalue weighted by Crippen LogP contribution is -2.34. The van der Waals surface area contributed by atoms with Crippen LogP contribution >= 0.6 is 22.9 Å². The van der Waals surface area contributed by atoms with Gasteiger partial charge in [-0.2, -0.15) is 4.31 Å². The van der Waals surface area contributed by atoms with Crippen LogP contribution < -0.4 is 0 Å². The highest BCUT2D eigenvalue weighted by molar-refractivity contribution is 7.88. The van der Waals surface area contributed by atoms with Crippen LogP contribution in [0.3, 0.4) is 0 Å². The van der Waals surface area contributed by atoms with Crippen molar-refractivity contribution in [2.24, 2.45) is 0 Å². The fourth-order valence-electron chi connectivity index (χ4n) is 1.55. The molecular weight excluding hydrogens is 242 g/mol. The van der Waals surface area contributed by atoms with Crippen LogP contribution in [0.25, 0.3) is 0 Å². The van der Waals surface area contributed by atoms with Crippen LogP contribution in [-0.4, -0.2) is 25.5 Å². The third-order valence-electron chi connectivity index (χ3n) is 2.27. The van der Waals surface area contributed by atoms with E-state index in [9.17, 15) is 8.42 Å². The minimum absolute atomic E-state index is 0.470. The van der Waals surface area contributed by atoms with Gasteiger partial charge in [-0.15, -0.1) is 11.3 Å². The fraction of sp³-hybridized carbons (Fsp3) is 0.500. The predicted octanol–water partition coefficient (Wildman–Crippen LogP) is 1.72. The lowest BCUT2D eigenvalue weighted by atomic mass is 10.1. The van der Waals surface area contributed by atoms with E-state index in [-0.39, 0.29) is 0 Å². The Morgan fingerprint density at radius 2 is 2.29 bits per heavy atom. The number of nitrogens with zero attached hydrogens (tertiary/aromatic N) is 1. The molecule has 0 radical (unpaired) electrons. The van der Waals surface area contributed by atoms with Crippen LogP contribution in [-0.2, 0) is 23.0 Å². The van der Waals surface area contributed by atoms with Gasteiger partial charge in [0, 0.05) is 18.0 Å². The topological polar surface area (TPSA) is 37.4 Å². The van der Waals surface area contributed by atoms with E-state index in [1.54, 1.807) is 11.3 Å². The van der Waals surface area contributed by atoms with E-state index in [1.807, 2.05) is 6.07 Å². The van der Waals surface area contributed by atoms with E-state index in [1.165, 1.54) is 15.4 Å². The predicted molar refractivity (Wildman–Crippen MR) is 58.3 cm³/mol. The van der Waals surface area contributed by atoms with Gasteiger partial charge in [0.2, 0.25) is 10.0 Å². The molecular formula is C8H10ClNO2S2. The molecule has 1 aromatic rings. The van der Waals surface area contributed by atoms with Crippen molar-refractivity contribution in [3.8, 4) is 0 Å². The second-order valence-corrected chi connectivity index (χ2v) is 7.10. The zero-order valence-electron chi connectivity index (χ0n) is 7.66. The van der Waals surface area contributed by atoms with Gasteiger partial charge in [-0.1, -0.05) is 11.6 Å². The van der Waals surface area contributed by atoms with E-state index >= 15 is 0 Å². The zero-order valence-corrected chi connectivity index (χ0v) is 10.0. The molecule has 0 saturated heterocycles. The first-order valence-electron chi connectivity index (χ1n) is 4.19. The molecule has 1 aromatic heterocycles. The molecule has 0 aliphatic carbocycles. The highest BCUT2D eigenvalue weighted by Crippen LogP contribution is 2.31. The standard InChI is InChI=1S/C8H10ClNO2S2/c1-14(11,12)10-3-2-7-6(5-10)4-8(9)13-7/h4H,2-3,5H2,1H3. The first-order valence-corrected chi connectivity index (χ1v) is 7.23. The summed E-state index contributed by atoms with van der Waals surface area (Å²) < 4.78 is 24.8. The van der Waals surface area contributed by atoms with Gasteiger partial charge in [0.25, 0.3) is 0 Å². The number of rotatable bonds is 1. The molecule has 0 spiro atoms. The van der Waals surface area contributed by atoms with Gasteiger partial charge in [0.05, 0.1) is 10.6 Å². The second-order valence-electron chi connectivity index (χ2n) is 3.35. The summed E-state index contributed by atoms with van der Waals surface area (Å²) in [6, 6.07) is 1.86. The van der Waals surface area contributed by atoms with Crippen LogP contribution in [0.2, 0.25) is 4.34 Å². The molecule has 78 valence electrons. The number of sulfonamides is 1. The van der Waals surface area contributed by atoms with Gasteiger partial charge in [-0.25, -0.2) is 8.42 Å². The molecule has 6 heteroatoms. The molecule has 1 aliphatic heterocycles. The first-order chi connectivity index (χ1) is 6.47. The van der Waals surface area contributed by atoms with Gasteiger partial charge in [0.1, 0.15) is 0 Å². The molecule has 14 heavy (non-hydrogen) atoms. The molecule has 0 aromatic carbocycles. The molecule has 2 heterocycles. The Kier molecular flexibility index (Phi) is 2.59. The molecule has 0 unspecified atom stereocenters. The Morgan fingerprint density at radius 1 is 1.57 bits per heavy atom. The largest absolute Gasteiger partial charge is 0.212 e. The minimum atomic E-state index is -3.06. The van der Waals surface area contributed by atoms with Crippen LogP contribution in [0.4, 0.5) is 0 Å². The van der Waals surface area contributed by atoms with Gasteiger partial charge in [-0.3, -0.25) is 0 Å². The maximum atomic E-state index is 11.3. The van der Waals surface area contributed by atoms with Crippen molar-refractivity contribution >= 4 is 33.0 Å². The molecule has 0 bridgehead atoms. The molecule has 3 nitrogen and oxygen atoms in total. The molecule has 2 rings (SSSR count). The van der Waals surface area contributed by atoms with Crippen molar-refractivity contribution in [2.45, 2.75) is 13.0 Å². The number of thiophene rings is 1. The van der Waals surface area contributed by atoms with Crippen molar-refractivity contribution in [3.05, 3.63) is 20.8 Å². The van der Waals surface area contributed by atoms with Crippen molar-refractivity contribution < 1.29 is 8.42 Å². The van der Waals surface area contributed by atoms with Gasteiger partial charge < -0.3 is 0 Å². The summed E-state index contributed by atoms with van der Waals surface area (Å²) in [6.07, 6.45) is 2.02. The smallest absolute Gasteiger partial charge is 0.211 e. The highest BCUT2D eigenvalue weighted by atomic mass is 35.5. The fourth-order valence-corrected chi connectivity index (χ4v) is 3.65. The average molecular weight is 252 g/mol. The summed E-state index contributed by atoms with van der Waals surface area (Å²) >= 11 is 7.41. The summed E-state index contributed by atoms with van der Waals surface area (Å²) in [5.74, 6) is 0. The molecule has 0 atom stereocenters. The van der Waals surface area contributed by atoms with Gasteiger partial charge in [-0.05, 0) is 18.1 Å². The van der Waals surface area contributed by atoms with Crippen molar-refractivity contribution in [1.29, 1.82) is 0 Å². The Balaban J connectivity index is 2.30. The minimum Gasteiger partial charge on any atom is -0.212 e. The highest BCUT2D eigenvalue weighted by Gasteiger charge is 2.24. The van der Waals surface area contributed by atoms with E-state index in [0.717, 1.165) is 16.3 Å². The second kappa shape index (κ2) is 3.48. The van der Waals surface area contributed by atoms with E-state index < -0.39 is 10.0 Å².